The Morgan fingerprint density at radius 2 is 2.25 bits per heavy atom. The Labute approximate surface area is 91.7 Å². The molecule has 0 aliphatic heterocycles. The number of aromatic carboxylic acids is 1. The fourth-order valence-corrected chi connectivity index (χ4v) is 3.04. The monoisotopic (exact) mass is 220 g/mol. The lowest BCUT2D eigenvalue weighted by molar-refractivity contribution is 0.0677. The maximum atomic E-state index is 11.7. The standard InChI is InChI=1S/C11H12N2O3/c14-9-2-1-8(10(15)16)12-13(9)11-4-3-7(5-11)6-11/h1-2,7H,3-6H2,(H,15,16). The smallest absolute Gasteiger partial charge is 0.356 e. The Morgan fingerprint density at radius 3 is 2.81 bits per heavy atom. The van der Waals surface area contributed by atoms with Gasteiger partial charge in [0.05, 0.1) is 5.54 Å². The summed E-state index contributed by atoms with van der Waals surface area (Å²) in [6, 6.07) is 2.57. The van der Waals surface area contributed by atoms with Crippen molar-refractivity contribution in [3.8, 4) is 0 Å². The molecule has 0 unspecified atom stereocenters. The van der Waals surface area contributed by atoms with Gasteiger partial charge in [0.25, 0.3) is 5.56 Å². The van der Waals surface area contributed by atoms with E-state index in [1.807, 2.05) is 0 Å². The summed E-state index contributed by atoms with van der Waals surface area (Å²) < 4.78 is 1.40. The average molecular weight is 220 g/mol. The first kappa shape index (κ1) is 9.57. The second-order valence-electron chi connectivity index (χ2n) is 4.81. The van der Waals surface area contributed by atoms with Crippen LogP contribution in [0, 0.1) is 5.92 Å². The molecule has 3 aliphatic carbocycles. The Balaban J connectivity index is 2.09. The normalized spacial score (nSPS) is 31.1. The van der Waals surface area contributed by atoms with Gasteiger partial charge < -0.3 is 5.11 Å². The molecular weight excluding hydrogens is 208 g/mol. The van der Waals surface area contributed by atoms with Gasteiger partial charge in [-0.2, -0.15) is 5.10 Å². The second kappa shape index (κ2) is 2.93. The van der Waals surface area contributed by atoms with E-state index in [1.165, 1.54) is 16.8 Å². The number of fused-ring (bicyclic) bond motifs is 1. The first-order valence-corrected chi connectivity index (χ1v) is 5.45. The van der Waals surface area contributed by atoms with Crippen molar-refractivity contribution < 1.29 is 9.90 Å². The number of carboxylic acid groups (broad SMARTS) is 1. The quantitative estimate of drug-likeness (QED) is 0.801. The van der Waals surface area contributed by atoms with Gasteiger partial charge in [-0.1, -0.05) is 0 Å². The summed E-state index contributed by atoms with van der Waals surface area (Å²) in [5.41, 5.74) is -0.414. The molecule has 0 atom stereocenters. The van der Waals surface area contributed by atoms with Crippen LogP contribution in [0.25, 0.3) is 0 Å². The summed E-state index contributed by atoms with van der Waals surface area (Å²) in [7, 11) is 0. The summed E-state index contributed by atoms with van der Waals surface area (Å²) in [6.07, 6.45) is 4.03. The van der Waals surface area contributed by atoms with Gasteiger partial charge in [-0.25, -0.2) is 9.48 Å². The van der Waals surface area contributed by atoms with E-state index in [0.29, 0.717) is 5.92 Å². The molecule has 3 fully saturated rings. The minimum atomic E-state index is -1.08. The molecule has 1 aromatic rings. The molecule has 0 saturated heterocycles. The Bertz CT molecular complexity index is 509. The predicted molar refractivity (Wildman–Crippen MR) is 55.4 cm³/mol. The van der Waals surface area contributed by atoms with E-state index in [0.717, 1.165) is 25.7 Å². The molecule has 1 N–H and O–H groups in total. The molecule has 84 valence electrons. The summed E-state index contributed by atoms with van der Waals surface area (Å²) >= 11 is 0. The molecule has 0 radical (unpaired) electrons. The van der Waals surface area contributed by atoms with Crippen molar-refractivity contribution in [2.75, 3.05) is 0 Å². The first-order valence-electron chi connectivity index (χ1n) is 5.45. The summed E-state index contributed by atoms with van der Waals surface area (Å²) in [4.78, 5) is 22.5. The van der Waals surface area contributed by atoms with Crippen LogP contribution in [0.3, 0.4) is 0 Å². The van der Waals surface area contributed by atoms with Gasteiger partial charge in [-0.3, -0.25) is 4.79 Å². The number of nitrogens with zero attached hydrogens (tertiary/aromatic N) is 2. The third-order valence-corrected chi connectivity index (χ3v) is 3.82. The lowest BCUT2D eigenvalue weighted by atomic mass is 9.77. The van der Waals surface area contributed by atoms with E-state index >= 15 is 0 Å². The van der Waals surface area contributed by atoms with Crippen LogP contribution >= 0.6 is 0 Å². The fourth-order valence-electron chi connectivity index (χ4n) is 3.04. The molecule has 16 heavy (non-hydrogen) atoms. The third-order valence-electron chi connectivity index (χ3n) is 3.82. The number of carbonyl (C=O) groups is 1. The minimum absolute atomic E-state index is 0.0516. The van der Waals surface area contributed by atoms with Crippen LogP contribution in [0.4, 0.5) is 0 Å². The highest BCUT2D eigenvalue weighted by atomic mass is 16.4. The van der Waals surface area contributed by atoms with Crippen LogP contribution in [0.2, 0.25) is 0 Å². The maximum Gasteiger partial charge on any atom is 0.356 e. The molecule has 3 saturated carbocycles. The highest BCUT2D eigenvalue weighted by molar-refractivity contribution is 5.84. The molecule has 1 heterocycles. The zero-order chi connectivity index (χ0) is 11.3. The van der Waals surface area contributed by atoms with Gasteiger partial charge in [0.15, 0.2) is 5.69 Å². The van der Waals surface area contributed by atoms with E-state index < -0.39 is 5.97 Å². The van der Waals surface area contributed by atoms with Crippen LogP contribution in [-0.2, 0) is 5.54 Å². The average Bonchev–Trinajstić information content (AvgIpc) is 2.76. The van der Waals surface area contributed by atoms with Gasteiger partial charge in [0.1, 0.15) is 0 Å². The van der Waals surface area contributed by atoms with Crippen molar-refractivity contribution in [2.24, 2.45) is 5.92 Å². The number of carboxylic acids is 1. The lowest BCUT2D eigenvalue weighted by Crippen LogP contribution is -2.46. The minimum Gasteiger partial charge on any atom is -0.476 e. The van der Waals surface area contributed by atoms with Crippen LogP contribution in [0.15, 0.2) is 16.9 Å². The van der Waals surface area contributed by atoms with Gasteiger partial charge >= 0.3 is 5.97 Å². The SMILES string of the molecule is O=C(O)c1ccc(=O)n(C23CCC(C2)C3)n1. The van der Waals surface area contributed by atoms with E-state index in [9.17, 15) is 9.59 Å². The topological polar surface area (TPSA) is 72.2 Å². The third kappa shape index (κ3) is 1.14. The first-order chi connectivity index (χ1) is 7.61. The zero-order valence-electron chi connectivity index (χ0n) is 8.72. The highest BCUT2D eigenvalue weighted by Gasteiger charge is 2.52. The van der Waals surface area contributed by atoms with Gasteiger partial charge in [-0.05, 0) is 37.7 Å². The lowest BCUT2D eigenvalue weighted by Gasteiger charge is -2.38. The largest absolute Gasteiger partial charge is 0.476 e. The maximum absolute atomic E-state index is 11.7. The molecule has 0 amide bonds. The Hall–Kier alpha value is -1.65. The predicted octanol–water partition coefficient (Wildman–Crippen LogP) is 0.841. The summed E-state index contributed by atoms with van der Waals surface area (Å²) in [5.74, 6) is -0.374. The van der Waals surface area contributed by atoms with Crippen molar-refractivity contribution >= 4 is 5.97 Å². The van der Waals surface area contributed by atoms with Gasteiger partial charge in [-0.15, -0.1) is 0 Å². The molecule has 1 aromatic heterocycles. The van der Waals surface area contributed by atoms with E-state index in [2.05, 4.69) is 5.10 Å². The van der Waals surface area contributed by atoms with Crippen molar-refractivity contribution in [3.05, 3.63) is 28.2 Å². The Kier molecular flexibility index (Phi) is 1.75. The molecule has 0 spiro atoms. The summed E-state index contributed by atoms with van der Waals surface area (Å²) in [6.45, 7) is 0. The number of hydrogen-bond acceptors (Lipinski definition) is 3. The Morgan fingerprint density at radius 1 is 1.50 bits per heavy atom. The zero-order valence-corrected chi connectivity index (χ0v) is 8.72. The summed E-state index contributed by atoms with van der Waals surface area (Å²) in [5, 5.41) is 12.8. The molecule has 2 bridgehead atoms. The van der Waals surface area contributed by atoms with E-state index in [4.69, 9.17) is 5.11 Å². The molecule has 3 aliphatic rings. The molecular formula is C11H12N2O3. The van der Waals surface area contributed by atoms with Crippen LogP contribution in [0.5, 0.6) is 0 Å². The molecule has 4 rings (SSSR count). The fraction of sp³-hybridized carbons (Fsp3) is 0.545. The number of rotatable bonds is 2. The van der Waals surface area contributed by atoms with Crippen molar-refractivity contribution in [2.45, 2.75) is 31.2 Å². The van der Waals surface area contributed by atoms with E-state index in [1.54, 1.807) is 0 Å². The van der Waals surface area contributed by atoms with Crippen molar-refractivity contribution in [3.63, 3.8) is 0 Å². The second-order valence-corrected chi connectivity index (χ2v) is 4.81. The van der Waals surface area contributed by atoms with Crippen molar-refractivity contribution in [1.82, 2.24) is 9.78 Å². The molecule has 0 aromatic carbocycles. The van der Waals surface area contributed by atoms with Crippen molar-refractivity contribution in [1.29, 1.82) is 0 Å². The highest BCUT2D eigenvalue weighted by Crippen LogP contribution is 2.55. The van der Waals surface area contributed by atoms with Gasteiger partial charge in [0, 0.05) is 6.07 Å². The van der Waals surface area contributed by atoms with Crippen LogP contribution in [-0.4, -0.2) is 20.9 Å². The van der Waals surface area contributed by atoms with E-state index in [-0.39, 0.29) is 16.8 Å². The van der Waals surface area contributed by atoms with Gasteiger partial charge in [0.2, 0.25) is 0 Å². The van der Waals surface area contributed by atoms with Crippen LogP contribution in [0.1, 0.15) is 36.2 Å². The molecule has 5 heteroatoms. The van der Waals surface area contributed by atoms with Crippen LogP contribution < -0.4 is 5.56 Å². The number of aromatic nitrogens is 2. The number of hydrogen-bond donors (Lipinski definition) is 1. The molecule has 5 nitrogen and oxygen atoms in total.